The number of sulfonamides is 1. The van der Waals surface area contributed by atoms with E-state index in [1.165, 1.54) is 6.92 Å². The van der Waals surface area contributed by atoms with Crippen molar-refractivity contribution in [2.75, 3.05) is 5.75 Å². The second-order valence-electron chi connectivity index (χ2n) is 5.35. The first-order valence-corrected chi connectivity index (χ1v) is 8.09. The van der Waals surface area contributed by atoms with Gasteiger partial charge in [0, 0.05) is 6.04 Å². The third kappa shape index (κ3) is 2.52. The zero-order valence-corrected chi connectivity index (χ0v) is 12.6. The van der Waals surface area contributed by atoms with Crippen LogP contribution in [0.15, 0.2) is 24.3 Å². The van der Waals surface area contributed by atoms with Crippen LogP contribution in [-0.4, -0.2) is 35.1 Å². The highest BCUT2D eigenvalue weighted by Gasteiger charge is 2.54. The van der Waals surface area contributed by atoms with Crippen molar-refractivity contribution < 1.29 is 18.3 Å². The fourth-order valence-corrected chi connectivity index (χ4v) is 4.96. The minimum Gasteiger partial charge on any atom is -0.480 e. The van der Waals surface area contributed by atoms with Crippen LogP contribution in [-0.2, 0) is 14.8 Å². The SMILES string of the molecule is CC(c1cccc(C#N)c1)N1[C@](C)(C(=O)O)CCS1(=O)=O. The van der Waals surface area contributed by atoms with E-state index in [9.17, 15) is 18.3 Å². The van der Waals surface area contributed by atoms with Crippen LogP contribution in [0.25, 0.3) is 0 Å². The lowest BCUT2D eigenvalue weighted by Gasteiger charge is -2.34. The van der Waals surface area contributed by atoms with Crippen molar-refractivity contribution in [1.29, 1.82) is 5.26 Å². The van der Waals surface area contributed by atoms with Gasteiger partial charge in [-0.2, -0.15) is 9.57 Å². The van der Waals surface area contributed by atoms with E-state index in [1.54, 1.807) is 31.2 Å². The van der Waals surface area contributed by atoms with Crippen molar-refractivity contribution >= 4 is 16.0 Å². The lowest BCUT2D eigenvalue weighted by molar-refractivity contribution is -0.147. The third-order valence-electron chi connectivity index (χ3n) is 3.94. The second-order valence-corrected chi connectivity index (χ2v) is 7.32. The monoisotopic (exact) mass is 308 g/mol. The molecule has 1 aliphatic rings. The normalized spacial score (nSPS) is 26.1. The average Bonchev–Trinajstić information content (AvgIpc) is 2.70. The number of carboxylic acids is 1. The number of rotatable bonds is 3. The van der Waals surface area contributed by atoms with Crippen molar-refractivity contribution in [2.45, 2.75) is 31.8 Å². The van der Waals surface area contributed by atoms with Gasteiger partial charge in [0.2, 0.25) is 10.0 Å². The van der Waals surface area contributed by atoms with E-state index in [4.69, 9.17) is 5.26 Å². The van der Waals surface area contributed by atoms with Crippen molar-refractivity contribution in [3.05, 3.63) is 35.4 Å². The van der Waals surface area contributed by atoms with Crippen LogP contribution < -0.4 is 0 Å². The number of carbonyl (C=O) groups is 1. The van der Waals surface area contributed by atoms with E-state index in [0.717, 1.165) is 4.31 Å². The summed E-state index contributed by atoms with van der Waals surface area (Å²) < 4.78 is 25.6. The summed E-state index contributed by atoms with van der Waals surface area (Å²) in [6.07, 6.45) is 0.0486. The molecule has 1 aliphatic heterocycles. The zero-order valence-electron chi connectivity index (χ0n) is 11.8. The minimum atomic E-state index is -3.64. The summed E-state index contributed by atoms with van der Waals surface area (Å²) in [5.74, 6) is -1.34. The maximum atomic E-state index is 12.2. The van der Waals surface area contributed by atoms with Gasteiger partial charge >= 0.3 is 5.97 Å². The molecule has 0 saturated carbocycles. The standard InChI is InChI=1S/C14H16N2O4S/c1-10(12-5-3-4-11(8-12)9-15)16-14(2,13(17)18)6-7-21(16,19)20/h3-5,8,10H,6-7H2,1-2H3,(H,17,18)/t10?,14-/m0/s1. The molecule has 0 aromatic heterocycles. The van der Waals surface area contributed by atoms with E-state index < -0.39 is 27.6 Å². The molecule has 21 heavy (non-hydrogen) atoms. The van der Waals surface area contributed by atoms with Crippen molar-refractivity contribution in [3.8, 4) is 6.07 Å². The molecule has 1 heterocycles. The van der Waals surface area contributed by atoms with Gasteiger partial charge in [-0.3, -0.25) is 4.79 Å². The zero-order chi connectivity index (χ0) is 15.8. The Bertz CT molecular complexity index is 723. The summed E-state index contributed by atoms with van der Waals surface area (Å²) >= 11 is 0. The number of nitrogens with zero attached hydrogens (tertiary/aromatic N) is 2. The van der Waals surface area contributed by atoms with Crippen molar-refractivity contribution in [2.24, 2.45) is 0 Å². The molecule has 1 N–H and O–H groups in total. The van der Waals surface area contributed by atoms with E-state index in [2.05, 4.69) is 0 Å². The first kappa shape index (κ1) is 15.5. The van der Waals surface area contributed by atoms with Crippen LogP contribution in [0.5, 0.6) is 0 Å². The molecule has 1 saturated heterocycles. The van der Waals surface area contributed by atoms with Crippen LogP contribution in [0, 0.1) is 11.3 Å². The summed E-state index contributed by atoms with van der Waals surface area (Å²) in [5, 5.41) is 18.3. The molecule has 1 aromatic carbocycles. The molecule has 0 aliphatic carbocycles. The largest absolute Gasteiger partial charge is 0.480 e. The molecule has 2 atom stereocenters. The Labute approximate surface area is 123 Å². The molecule has 6 nitrogen and oxygen atoms in total. The first-order valence-electron chi connectivity index (χ1n) is 6.48. The van der Waals surface area contributed by atoms with Gasteiger partial charge in [-0.15, -0.1) is 0 Å². The Balaban J connectivity index is 2.51. The van der Waals surface area contributed by atoms with Crippen LogP contribution >= 0.6 is 0 Å². The summed E-state index contributed by atoms with van der Waals surface area (Å²) in [6, 6.07) is 7.90. The van der Waals surface area contributed by atoms with E-state index in [-0.39, 0.29) is 12.2 Å². The van der Waals surface area contributed by atoms with Gasteiger partial charge in [-0.1, -0.05) is 12.1 Å². The topological polar surface area (TPSA) is 98.5 Å². The smallest absolute Gasteiger partial charge is 0.324 e. The van der Waals surface area contributed by atoms with Gasteiger partial charge in [0.05, 0.1) is 17.4 Å². The average molecular weight is 308 g/mol. The number of hydrogen-bond acceptors (Lipinski definition) is 4. The molecule has 0 spiro atoms. The minimum absolute atomic E-state index is 0.0486. The van der Waals surface area contributed by atoms with Crippen LogP contribution in [0.1, 0.15) is 37.4 Å². The Kier molecular flexibility index (Phi) is 3.78. The Hall–Kier alpha value is -1.91. The quantitative estimate of drug-likeness (QED) is 0.912. The van der Waals surface area contributed by atoms with Gasteiger partial charge in [0.1, 0.15) is 5.54 Å². The van der Waals surface area contributed by atoms with Crippen molar-refractivity contribution in [1.82, 2.24) is 4.31 Å². The predicted octanol–water partition coefficient (Wildman–Crippen LogP) is 1.50. The third-order valence-corrected chi connectivity index (χ3v) is 5.98. The second kappa shape index (κ2) is 5.13. The van der Waals surface area contributed by atoms with E-state index in [0.29, 0.717) is 11.1 Å². The van der Waals surface area contributed by atoms with Crippen LogP contribution in [0.3, 0.4) is 0 Å². The number of aliphatic carboxylic acids is 1. The Morgan fingerprint density at radius 3 is 2.76 bits per heavy atom. The number of carboxylic acid groups (broad SMARTS) is 1. The highest BCUT2D eigenvalue weighted by molar-refractivity contribution is 7.89. The van der Waals surface area contributed by atoms with Gasteiger partial charge < -0.3 is 5.11 Å². The lowest BCUT2D eigenvalue weighted by Crippen LogP contribution is -2.50. The Morgan fingerprint density at radius 1 is 1.52 bits per heavy atom. The summed E-state index contributed by atoms with van der Waals surface area (Å²) in [6.45, 7) is 3.06. The maximum absolute atomic E-state index is 12.2. The fraction of sp³-hybridized carbons (Fsp3) is 0.429. The molecule has 112 valence electrons. The first-order chi connectivity index (χ1) is 9.72. The highest BCUT2D eigenvalue weighted by atomic mass is 32.2. The fourth-order valence-electron chi connectivity index (χ4n) is 2.72. The lowest BCUT2D eigenvalue weighted by atomic mass is 9.95. The molecular formula is C14H16N2O4S. The molecule has 7 heteroatoms. The molecule has 1 fully saturated rings. The predicted molar refractivity (Wildman–Crippen MR) is 75.9 cm³/mol. The van der Waals surface area contributed by atoms with Gasteiger partial charge in [-0.25, -0.2) is 8.42 Å². The van der Waals surface area contributed by atoms with Crippen LogP contribution in [0.4, 0.5) is 0 Å². The molecule has 0 amide bonds. The number of hydrogen-bond donors (Lipinski definition) is 1. The van der Waals surface area contributed by atoms with E-state index in [1.807, 2.05) is 6.07 Å². The van der Waals surface area contributed by atoms with Gasteiger partial charge in [-0.05, 0) is 38.0 Å². The highest BCUT2D eigenvalue weighted by Crippen LogP contribution is 2.39. The maximum Gasteiger partial charge on any atom is 0.324 e. The molecule has 2 rings (SSSR count). The van der Waals surface area contributed by atoms with Crippen LogP contribution in [0.2, 0.25) is 0 Å². The summed E-state index contributed by atoms with van der Waals surface area (Å²) in [7, 11) is -3.64. The molecular weight excluding hydrogens is 292 g/mol. The molecule has 1 unspecified atom stereocenters. The molecule has 0 radical (unpaired) electrons. The summed E-state index contributed by atoms with van der Waals surface area (Å²) in [4.78, 5) is 11.5. The number of nitriles is 1. The molecule has 0 bridgehead atoms. The van der Waals surface area contributed by atoms with Crippen molar-refractivity contribution in [3.63, 3.8) is 0 Å². The van der Waals surface area contributed by atoms with Gasteiger partial charge in [0.15, 0.2) is 0 Å². The molecule has 1 aromatic rings. The van der Waals surface area contributed by atoms with E-state index >= 15 is 0 Å². The van der Waals surface area contributed by atoms with Gasteiger partial charge in [0.25, 0.3) is 0 Å². The Morgan fingerprint density at radius 2 is 2.19 bits per heavy atom. The summed E-state index contributed by atoms with van der Waals surface area (Å²) in [5.41, 5.74) is -0.444. The number of benzene rings is 1.